The second-order valence-electron chi connectivity index (χ2n) is 12.7. The summed E-state index contributed by atoms with van der Waals surface area (Å²) in [6.45, 7) is 13.9. The van der Waals surface area contributed by atoms with Gasteiger partial charge >= 0.3 is 5.97 Å². The Morgan fingerprint density at radius 1 is 1.07 bits per heavy atom. The standard InChI is InChI=1S/C29H54N2O9/c1-11-21-29(8,37)26(34)18(5)31(10)14-15(2)13-28(7,36)25(33)16(3)24(17(4)27(35)39-21)40-22-12-20(30-9)23(32)19(6)38-22/h15-22,24-26,30,33-34,36-37H,11-14H2,1-10H3/t15-,16+,17-,18-,19-,20?,21-,22+,24+,25-,26-,28-,29-/m1/s1. The average Bonchev–Trinajstić information content (AvgIpc) is 2.88. The Bertz CT molecular complexity index is 853. The van der Waals surface area contributed by atoms with Gasteiger partial charge in [-0.2, -0.15) is 0 Å². The summed E-state index contributed by atoms with van der Waals surface area (Å²) < 4.78 is 18.0. The van der Waals surface area contributed by atoms with Crippen molar-refractivity contribution >= 4 is 11.8 Å². The summed E-state index contributed by atoms with van der Waals surface area (Å²) in [5, 5.41) is 48.4. The van der Waals surface area contributed by atoms with Gasteiger partial charge in [0.15, 0.2) is 12.1 Å². The van der Waals surface area contributed by atoms with Crippen LogP contribution in [0.4, 0.5) is 0 Å². The average molecular weight is 575 g/mol. The lowest BCUT2D eigenvalue weighted by Gasteiger charge is -2.42. The number of nitrogens with one attached hydrogen (secondary N) is 1. The first-order valence-electron chi connectivity index (χ1n) is 14.6. The molecule has 5 N–H and O–H groups in total. The third-order valence-corrected chi connectivity index (χ3v) is 9.10. The Kier molecular flexibility index (Phi) is 12.1. The van der Waals surface area contributed by atoms with E-state index in [9.17, 15) is 30.0 Å². The predicted molar refractivity (Wildman–Crippen MR) is 149 cm³/mol. The summed E-state index contributed by atoms with van der Waals surface area (Å²) >= 11 is 0. The van der Waals surface area contributed by atoms with Gasteiger partial charge in [-0.3, -0.25) is 9.59 Å². The number of cyclic esters (lactones) is 1. The highest BCUT2D eigenvalue weighted by atomic mass is 16.7. The zero-order chi connectivity index (χ0) is 30.7. The van der Waals surface area contributed by atoms with Crippen LogP contribution in [0.5, 0.6) is 0 Å². The van der Waals surface area contributed by atoms with E-state index in [-0.39, 0.29) is 31.0 Å². The quantitative estimate of drug-likeness (QED) is 0.303. The second-order valence-corrected chi connectivity index (χ2v) is 12.7. The number of nitrogens with zero attached hydrogens (tertiary/aromatic N) is 1. The molecule has 0 amide bonds. The number of aliphatic hydroxyl groups is 4. The first-order valence-corrected chi connectivity index (χ1v) is 14.6. The van der Waals surface area contributed by atoms with Gasteiger partial charge < -0.3 is 44.9 Å². The van der Waals surface area contributed by atoms with Gasteiger partial charge in [0.25, 0.3) is 0 Å². The maximum Gasteiger partial charge on any atom is 0.311 e. The van der Waals surface area contributed by atoms with Crippen molar-refractivity contribution in [3.8, 4) is 0 Å². The minimum atomic E-state index is -1.75. The molecule has 40 heavy (non-hydrogen) atoms. The van der Waals surface area contributed by atoms with Crippen LogP contribution in [0.15, 0.2) is 0 Å². The third kappa shape index (κ3) is 7.80. The molecule has 0 spiro atoms. The molecule has 13 atom stereocenters. The number of carbonyl (C=O) groups is 2. The molecule has 2 saturated heterocycles. The predicted octanol–water partition coefficient (Wildman–Crippen LogP) is 0.842. The zero-order valence-electron chi connectivity index (χ0n) is 26.0. The van der Waals surface area contributed by atoms with Gasteiger partial charge in [-0.25, -0.2) is 0 Å². The molecule has 2 rings (SSSR count). The molecule has 2 fully saturated rings. The van der Waals surface area contributed by atoms with Crippen LogP contribution in [0.3, 0.4) is 0 Å². The molecule has 0 radical (unpaired) electrons. The van der Waals surface area contributed by atoms with E-state index in [4.69, 9.17) is 14.2 Å². The van der Waals surface area contributed by atoms with Crippen molar-refractivity contribution in [1.29, 1.82) is 0 Å². The van der Waals surface area contributed by atoms with Crippen molar-refractivity contribution in [2.45, 2.75) is 135 Å². The number of ketones is 1. The molecule has 0 aromatic carbocycles. The van der Waals surface area contributed by atoms with Crippen molar-refractivity contribution in [2.24, 2.45) is 17.8 Å². The Hall–Kier alpha value is -1.18. The van der Waals surface area contributed by atoms with E-state index in [0.29, 0.717) is 6.54 Å². The zero-order valence-corrected chi connectivity index (χ0v) is 26.0. The molecule has 234 valence electrons. The Morgan fingerprint density at radius 3 is 2.23 bits per heavy atom. The normalized spacial score (nSPS) is 47.3. The Balaban J connectivity index is 2.51. The summed E-state index contributed by atoms with van der Waals surface area (Å²) in [6, 6.07) is -0.992. The highest BCUT2D eigenvalue weighted by Gasteiger charge is 2.48. The van der Waals surface area contributed by atoms with Gasteiger partial charge in [0.2, 0.25) is 0 Å². The molecular weight excluding hydrogens is 520 g/mol. The summed E-state index contributed by atoms with van der Waals surface area (Å²) in [6.07, 6.45) is -5.39. The first-order chi connectivity index (χ1) is 18.4. The third-order valence-electron chi connectivity index (χ3n) is 9.10. The summed E-state index contributed by atoms with van der Waals surface area (Å²) in [4.78, 5) is 27.9. The minimum Gasteiger partial charge on any atom is -0.459 e. The molecule has 2 aliphatic heterocycles. The van der Waals surface area contributed by atoms with Gasteiger partial charge in [0.1, 0.15) is 23.9 Å². The van der Waals surface area contributed by atoms with Crippen molar-refractivity contribution in [2.75, 3.05) is 20.6 Å². The molecule has 0 bridgehead atoms. The maximum absolute atomic E-state index is 13.6. The number of hydrogen-bond acceptors (Lipinski definition) is 11. The Morgan fingerprint density at radius 2 is 1.68 bits per heavy atom. The fourth-order valence-corrected chi connectivity index (χ4v) is 6.37. The summed E-state index contributed by atoms with van der Waals surface area (Å²) in [5.74, 6) is -2.57. The van der Waals surface area contributed by atoms with Crippen LogP contribution in [-0.2, 0) is 23.8 Å². The fourth-order valence-electron chi connectivity index (χ4n) is 6.37. The number of carbonyl (C=O) groups excluding carboxylic acids is 2. The van der Waals surface area contributed by atoms with E-state index < -0.39 is 77.9 Å². The molecule has 0 aliphatic carbocycles. The Labute approximate surface area is 239 Å². The summed E-state index contributed by atoms with van der Waals surface area (Å²) in [7, 11) is 3.50. The molecule has 1 unspecified atom stereocenters. The molecule has 0 aromatic rings. The monoisotopic (exact) mass is 574 g/mol. The molecule has 0 aromatic heterocycles. The lowest BCUT2D eigenvalue weighted by molar-refractivity contribution is -0.241. The van der Waals surface area contributed by atoms with Crippen LogP contribution >= 0.6 is 0 Å². The minimum absolute atomic E-state index is 0.0897. The van der Waals surface area contributed by atoms with Crippen LogP contribution in [0.25, 0.3) is 0 Å². The van der Waals surface area contributed by atoms with E-state index in [0.717, 1.165) is 0 Å². The lowest BCUT2D eigenvalue weighted by atomic mass is 9.78. The van der Waals surface area contributed by atoms with Crippen LogP contribution in [0, 0.1) is 17.8 Å². The van der Waals surface area contributed by atoms with E-state index in [1.807, 2.05) is 18.9 Å². The van der Waals surface area contributed by atoms with Crippen LogP contribution in [0.2, 0.25) is 0 Å². The van der Waals surface area contributed by atoms with Crippen LogP contribution < -0.4 is 5.32 Å². The highest BCUT2D eigenvalue weighted by Crippen LogP contribution is 2.35. The number of rotatable bonds is 4. The molecule has 2 heterocycles. The summed E-state index contributed by atoms with van der Waals surface area (Å²) in [5.41, 5.74) is -3.29. The molecule has 0 saturated carbocycles. The fraction of sp³-hybridized carbons (Fsp3) is 0.931. The molecule has 11 heteroatoms. The van der Waals surface area contributed by atoms with E-state index in [2.05, 4.69) is 5.32 Å². The largest absolute Gasteiger partial charge is 0.459 e. The number of ether oxygens (including phenoxy) is 3. The van der Waals surface area contributed by atoms with E-state index in [1.54, 1.807) is 48.6 Å². The van der Waals surface area contributed by atoms with Crippen molar-refractivity contribution < 1.29 is 44.2 Å². The van der Waals surface area contributed by atoms with Gasteiger partial charge in [-0.15, -0.1) is 0 Å². The second kappa shape index (κ2) is 13.9. The van der Waals surface area contributed by atoms with Crippen molar-refractivity contribution in [3.05, 3.63) is 0 Å². The van der Waals surface area contributed by atoms with Crippen LogP contribution in [-0.4, -0.2) is 118 Å². The smallest absolute Gasteiger partial charge is 0.311 e. The molecule has 11 nitrogen and oxygen atoms in total. The van der Waals surface area contributed by atoms with Crippen LogP contribution in [0.1, 0.15) is 74.7 Å². The maximum atomic E-state index is 13.6. The molecule has 2 aliphatic rings. The van der Waals surface area contributed by atoms with Gasteiger partial charge in [-0.1, -0.05) is 20.8 Å². The highest BCUT2D eigenvalue weighted by molar-refractivity contribution is 5.88. The van der Waals surface area contributed by atoms with Gasteiger partial charge in [0.05, 0.1) is 29.8 Å². The number of aliphatic hydroxyl groups excluding tert-OH is 2. The SMILES string of the molecule is CC[C@H]1OC(=O)[C@H](C)[C@@H](O[C@H]2CC(NC)C(=O)[C@@H](C)O2)[C@H](C)[C@@H](O)[C@](C)(O)C[C@@H](C)CN(C)[C@H](C)[C@@H](O)[C@]1(C)O. The molecular formula is C29H54N2O9. The number of likely N-dealkylation sites (N-methyl/N-ethyl adjacent to an activating group) is 2. The van der Waals surface area contributed by atoms with E-state index >= 15 is 0 Å². The number of esters is 1. The topological polar surface area (TPSA) is 158 Å². The van der Waals surface area contributed by atoms with Crippen molar-refractivity contribution in [1.82, 2.24) is 10.2 Å². The lowest BCUT2D eigenvalue weighted by Crippen LogP contribution is -2.59. The van der Waals surface area contributed by atoms with Crippen molar-refractivity contribution in [3.63, 3.8) is 0 Å². The number of Topliss-reactive ketones (excluding diaryl/α,β-unsaturated/α-hetero) is 1. The van der Waals surface area contributed by atoms with E-state index in [1.165, 1.54) is 6.92 Å². The van der Waals surface area contributed by atoms with Gasteiger partial charge in [0, 0.05) is 24.9 Å². The first kappa shape index (κ1) is 35.0. The van der Waals surface area contributed by atoms with Gasteiger partial charge in [-0.05, 0) is 67.5 Å². The number of hydrogen-bond donors (Lipinski definition) is 5.